The number of nitrogens with zero attached hydrogens (tertiary/aromatic N) is 2. The number of likely N-dealkylation sites (N-methyl/N-ethyl adjacent to an activating group) is 1. The summed E-state index contributed by atoms with van der Waals surface area (Å²) in [5.74, 6) is -0.808. The van der Waals surface area contributed by atoms with Gasteiger partial charge in [-0.3, -0.25) is 13.9 Å². The molecule has 42 heavy (non-hydrogen) atoms. The van der Waals surface area contributed by atoms with Crippen LogP contribution in [0.1, 0.15) is 29.2 Å². The number of carbonyl (C=O) groups is 2. The van der Waals surface area contributed by atoms with E-state index in [2.05, 4.69) is 5.32 Å². The van der Waals surface area contributed by atoms with Crippen molar-refractivity contribution in [2.45, 2.75) is 44.2 Å². The van der Waals surface area contributed by atoms with Gasteiger partial charge in [-0.1, -0.05) is 103 Å². The molecule has 4 aromatic rings. The Kier molecular flexibility index (Phi) is 10.1. The maximum Gasteiger partial charge on any atom is 0.264 e. The first-order chi connectivity index (χ1) is 20.2. The lowest BCUT2D eigenvalue weighted by molar-refractivity contribution is -0.139. The largest absolute Gasteiger partial charge is 0.357 e. The third kappa shape index (κ3) is 7.25. The lowest BCUT2D eigenvalue weighted by Gasteiger charge is -2.34. The van der Waals surface area contributed by atoms with Crippen LogP contribution >= 0.6 is 0 Å². The summed E-state index contributed by atoms with van der Waals surface area (Å²) in [6.07, 6.45) is 0.849. The van der Waals surface area contributed by atoms with E-state index in [1.807, 2.05) is 80.6 Å². The molecule has 1 N–H and O–H groups in total. The van der Waals surface area contributed by atoms with Crippen molar-refractivity contribution in [1.29, 1.82) is 0 Å². The highest BCUT2D eigenvalue weighted by atomic mass is 32.2. The molecule has 0 bridgehead atoms. The van der Waals surface area contributed by atoms with Crippen molar-refractivity contribution in [1.82, 2.24) is 10.2 Å². The number of nitrogens with one attached hydrogen (secondary N) is 1. The standard InChI is InChI=1S/C34H37N3O4S/c1-4-29-18-11-12-21-31(29)37(42(40,41)30-19-9-6-10-20-30)25-33(38)36(24-28-17-13-14-26(2)22-28)32(34(39)35-3)23-27-15-7-5-8-16-27/h5-22,32H,4,23-25H2,1-3H3,(H,35,39)/t32-/m0/s1. The van der Waals surface area contributed by atoms with Crippen molar-refractivity contribution in [2.24, 2.45) is 0 Å². The van der Waals surface area contributed by atoms with Gasteiger partial charge in [0.2, 0.25) is 11.8 Å². The van der Waals surface area contributed by atoms with Crippen molar-refractivity contribution in [3.63, 3.8) is 0 Å². The molecule has 218 valence electrons. The summed E-state index contributed by atoms with van der Waals surface area (Å²) >= 11 is 0. The Morgan fingerprint density at radius 1 is 0.810 bits per heavy atom. The molecule has 0 fully saturated rings. The normalized spacial score (nSPS) is 11.9. The number of benzene rings is 4. The number of amides is 2. The summed E-state index contributed by atoms with van der Waals surface area (Å²) in [6, 6.07) is 31.7. The summed E-state index contributed by atoms with van der Waals surface area (Å²) in [5, 5.41) is 2.71. The molecule has 2 amide bonds. The molecule has 4 rings (SSSR count). The molecule has 0 unspecified atom stereocenters. The number of aryl methyl sites for hydroxylation is 2. The second-order valence-corrected chi connectivity index (χ2v) is 12.0. The molecule has 0 radical (unpaired) electrons. The average Bonchev–Trinajstić information content (AvgIpc) is 3.02. The fraction of sp³-hybridized carbons (Fsp3) is 0.235. The predicted molar refractivity (Wildman–Crippen MR) is 167 cm³/mol. The molecule has 0 spiro atoms. The van der Waals surface area contributed by atoms with Crippen LogP contribution in [0.5, 0.6) is 0 Å². The van der Waals surface area contributed by atoms with E-state index in [9.17, 15) is 18.0 Å². The number of rotatable bonds is 12. The Morgan fingerprint density at radius 3 is 2.07 bits per heavy atom. The zero-order valence-electron chi connectivity index (χ0n) is 24.2. The maximum absolute atomic E-state index is 14.4. The molecule has 4 aromatic carbocycles. The Balaban J connectivity index is 1.81. The van der Waals surface area contributed by atoms with Gasteiger partial charge < -0.3 is 10.2 Å². The SMILES string of the molecule is CCc1ccccc1N(CC(=O)N(Cc1cccc(C)c1)[C@@H](Cc1ccccc1)C(=O)NC)S(=O)(=O)c1ccccc1. The van der Waals surface area contributed by atoms with Crippen molar-refractivity contribution < 1.29 is 18.0 Å². The van der Waals surface area contributed by atoms with Crippen LogP contribution in [0.4, 0.5) is 5.69 Å². The van der Waals surface area contributed by atoms with Gasteiger partial charge in [0.15, 0.2) is 0 Å². The van der Waals surface area contributed by atoms with E-state index in [-0.39, 0.29) is 23.8 Å². The van der Waals surface area contributed by atoms with Crippen LogP contribution in [0.25, 0.3) is 0 Å². The van der Waals surface area contributed by atoms with E-state index in [0.29, 0.717) is 12.1 Å². The van der Waals surface area contributed by atoms with Gasteiger partial charge in [0.25, 0.3) is 10.0 Å². The number of hydrogen-bond acceptors (Lipinski definition) is 4. The minimum Gasteiger partial charge on any atom is -0.357 e. The molecule has 1 atom stereocenters. The van der Waals surface area contributed by atoms with E-state index in [0.717, 1.165) is 22.3 Å². The highest BCUT2D eigenvalue weighted by molar-refractivity contribution is 7.92. The lowest BCUT2D eigenvalue weighted by atomic mass is 10.0. The van der Waals surface area contributed by atoms with E-state index in [1.165, 1.54) is 21.3 Å². The predicted octanol–water partition coefficient (Wildman–Crippen LogP) is 5.14. The fourth-order valence-corrected chi connectivity index (χ4v) is 6.49. The second kappa shape index (κ2) is 14.0. The summed E-state index contributed by atoms with van der Waals surface area (Å²) in [5.41, 5.74) is 3.98. The molecule has 0 aliphatic rings. The van der Waals surface area contributed by atoms with Crippen LogP contribution in [-0.2, 0) is 39.0 Å². The lowest BCUT2D eigenvalue weighted by Crippen LogP contribution is -2.53. The Morgan fingerprint density at radius 2 is 1.43 bits per heavy atom. The quantitative estimate of drug-likeness (QED) is 0.250. The second-order valence-electron chi connectivity index (χ2n) is 10.1. The third-order valence-corrected chi connectivity index (χ3v) is 8.98. The van der Waals surface area contributed by atoms with Gasteiger partial charge in [-0.15, -0.1) is 0 Å². The van der Waals surface area contributed by atoms with Crippen LogP contribution in [0.2, 0.25) is 0 Å². The third-order valence-electron chi connectivity index (χ3n) is 7.20. The molecule has 0 aliphatic carbocycles. The molecule has 0 aromatic heterocycles. The zero-order chi connectivity index (χ0) is 30.1. The highest BCUT2D eigenvalue weighted by Gasteiger charge is 2.34. The van der Waals surface area contributed by atoms with E-state index in [1.54, 1.807) is 37.4 Å². The molecule has 8 heteroatoms. The van der Waals surface area contributed by atoms with Crippen molar-refractivity contribution in [3.05, 3.63) is 131 Å². The highest BCUT2D eigenvalue weighted by Crippen LogP contribution is 2.28. The summed E-state index contributed by atoms with van der Waals surface area (Å²) < 4.78 is 29.4. The summed E-state index contributed by atoms with van der Waals surface area (Å²) in [7, 11) is -2.58. The maximum atomic E-state index is 14.4. The topological polar surface area (TPSA) is 86.8 Å². The van der Waals surface area contributed by atoms with Gasteiger partial charge in [-0.05, 0) is 48.2 Å². The summed E-state index contributed by atoms with van der Waals surface area (Å²) in [6.45, 7) is 3.58. The summed E-state index contributed by atoms with van der Waals surface area (Å²) in [4.78, 5) is 29.3. The van der Waals surface area contributed by atoms with E-state index < -0.39 is 28.5 Å². The van der Waals surface area contributed by atoms with Crippen molar-refractivity contribution in [2.75, 3.05) is 17.9 Å². The molecular weight excluding hydrogens is 546 g/mol. The van der Waals surface area contributed by atoms with Crippen LogP contribution in [-0.4, -0.2) is 44.8 Å². The molecular formula is C34H37N3O4S. The van der Waals surface area contributed by atoms with Crippen molar-refractivity contribution in [3.8, 4) is 0 Å². The minimum atomic E-state index is -4.12. The Hall–Kier alpha value is -4.43. The van der Waals surface area contributed by atoms with Gasteiger partial charge in [-0.25, -0.2) is 8.42 Å². The number of para-hydroxylation sites is 1. The molecule has 7 nitrogen and oxygen atoms in total. The molecule has 0 saturated heterocycles. The van der Waals surface area contributed by atoms with Gasteiger partial charge in [0.1, 0.15) is 12.6 Å². The monoisotopic (exact) mass is 583 g/mol. The zero-order valence-corrected chi connectivity index (χ0v) is 25.1. The van der Waals surface area contributed by atoms with Crippen LogP contribution < -0.4 is 9.62 Å². The first kappa shape index (κ1) is 30.5. The average molecular weight is 584 g/mol. The molecule has 0 saturated carbocycles. The Bertz CT molecular complexity index is 1610. The van der Waals surface area contributed by atoms with Crippen molar-refractivity contribution >= 4 is 27.5 Å². The van der Waals surface area contributed by atoms with E-state index >= 15 is 0 Å². The number of hydrogen-bond donors (Lipinski definition) is 1. The van der Waals surface area contributed by atoms with Crippen LogP contribution in [0.3, 0.4) is 0 Å². The van der Waals surface area contributed by atoms with Gasteiger partial charge >= 0.3 is 0 Å². The van der Waals surface area contributed by atoms with E-state index in [4.69, 9.17) is 0 Å². The minimum absolute atomic E-state index is 0.0843. The smallest absolute Gasteiger partial charge is 0.264 e. The van der Waals surface area contributed by atoms with Crippen LogP contribution in [0, 0.1) is 6.92 Å². The number of anilines is 1. The molecule has 0 aliphatic heterocycles. The first-order valence-corrected chi connectivity index (χ1v) is 15.4. The van der Waals surface area contributed by atoms with Gasteiger partial charge in [0.05, 0.1) is 10.6 Å². The Labute approximate surface area is 248 Å². The van der Waals surface area contributed by atoms with Gasteiger partial charge in [0, 0.05) is 20.0 Å². The van der Waals surface area contributed by atoms with Gasteiger partial charge in [-0.2, -0.15) is 0 Å². The number of carbonyl (C=O) groups excluding carboxylic acids is 2. The number of sulfonamides is 1. The first-order valence-electron chi connectivity index (χ1n) is 14.0. The fourth-order valence-electron chi connectivity index (χ4n) is 5.01. The van der Waals surface area contributed by atoms with Crippen LogP contribution in [0.15, 0.2) is 114 Å². The molecule has 0 heterocycles.